The normalized spacial score (nSPS) is 38.8. The summed E-state index contributed by atoms with van der Waals surface area (Å²) >= 11 is 3.88. The van der Waals surface area contributed by atoms with E-state index in [4.69, 9.17) is 0 Å². The summed E-state index contributed by atoms with van der Waals surface area (Å²) in [5.74, 6) is 2.12. The molecule has 0 radical (unpaired) electrons. The molecular formula is C11H19Br. The molecule has 2 saturated carbocycles. The molecule has 0 aromatic rings. The third-order valence-corrected chi connectivity index (χ3v) is 4.87. The van der Waals surface area contributed by atoms with Crippen molar-refractivity contribution in [2.75, 3.05) is 0 Å². The Kier molecular flexibility index (Phi) is 3.11. The molecule has 0 N–H and O–H groups in total. The lowest BCUT2D eigenvalue weighted by atomic mass is 9.73. The van der Waals surface area contributed by atoms with Crippen molar-refractivity contribution >= 4 is 15.9 Å². The fraction of sp³-hybridized carbons (Fsp3) is 1.00. The van der Waals surface area contributed by atoms with Crippen LogP contribution < -0.4 is 0 Å². The predicted molar refractivity (Wildman–Crippen MR) is 56.6 cm³/mol. The first kappa shape index (κ1) is 9.05. The lowest BCUT2D eigenvalue weighted by Gasteiger charge is -2.35. The Hall–Kier alpha value is 0.480. The Morgan fingerprint density at radius 3 is 2.17 bits per heavy atom. The van der Waals surface area contributed by atoms with Gasteiger partial charge in [0.25, 0.3) is 0 Å². The molecule has 2 rings (SSSR count). The van der Waals surface area contributed by atoms with Crippen LogP contribution in [0.15, 0.2) is 0 Å². The van der Waals surface area contributed by atoms with Gasteiger partial charge in [-0.25, -0.2) is 0 Å². The van der Waals surface area contributed by atoms with E-state index in [1.807, 2.05) is 0 Å². The van der Waals surface area contributed by atoms with E-state index in [1.54, 1.807) is 0 Å². The summed E-state index contributed by atoms with van der Waals surface area (Å²) in [6.45, 7) is 0. The van der Waals surface area contributed by atoms with E-state index in [0.717, 1.165) is 16.7 Å². The van der Waals surface area contributed by atoms with Crippen LogP contribution in [-0.4, -0.2) is 4.83 Å². The van der Waals surface area contributed by atoms with Gasteiger partial charge in [0.15, 0.2) is 0 Å². The number of hydrogen-bond acceptors (Lipinski definition) is 0. The van der Waals surface area contributed by atoms with Gasteiger partial charge >= 0.3 is 0 Å². The van der Waals surface area contributed by atoms with Crippen molar-refractivity contribution in [3.8, 4) is 0 Å². The standard InChI is InChI=1S/C11H19Br/c12-11-8-3-1-2-7-10(11)9-5-4-6-9/h9-11H,1-8H2. The Balaban J connectivity index is 1.90. The summed E-state index contributed by atoms with van der Waals surface area (Å²) in [5, 5.41) is 0. The first-order valence-electron chi connectivity index (χ1n) is 5.52. The van der Waals surface area contributed by atoms with Gasteiger partial charge in [-0.05, 0) is 24.7 Å². The smallest absolute Gasteiger partial charge is 0.0176 e. The average Bonchev–Trinajstić information content (AvgIpc) is 2.13. The summed E-state index contributed by atoms with van der Waals surface area (Å²) in [7, 11) is 0. The zero-order valence-electron chi connectivity index (χ0n) is 7.77. The van der Waals surface area contributed by atoms with Gasteiger partial charge in [0.2, 0.25) is 0 Å². The number of rotatable bonds is 1. The summed E-state index contributed by atoms with van der Waals surface area (Å²) in [4.78, 5) is 0.852. The number of alkyl halides is 1. The van der Waals surface area contributed by atoms with Crippen LogP contribution in [0.4, 0.5) is 0 Å². The summed E-state index contributed by atoms with van der Waals surface area (Å²) < 4.78 is 0. The second-order valence-corrected chi connectivity index (χ2v) is 5.68. The molecule has 0 spiro atoms. The van der Waals surface area contributed by atoms with Crippen LogP contribution in [0.25, 0.3) is 0 Å². The Labute approximate surface area is 84.2 Å². The SMILES string of the molecule is BrC1CCCCCC1C1CCC1. The van der Waals surface area contributed by atoms with Crippen LogP contribution in [0, 0.1) is 11.8 Å². The molecule has 0 heterocycles. The van der Waals surface area contributed by atoms with E-state index in [-0.39, 0.29) is 0 Å². The van der Waals surface area contributed by atoms with Gasteiger partial charge in [0.1, 0.15) is 0 Å². The highest BCUT2D eigenvalue weighted by molar-refractivity contribution is 9.09. The van der Waals surface area contributed by atoms with Crippen LogP contribution >= 0.6 is 15.9 Å². The number of halogens is 1. The maximum absolute atomic E-state index is 3.88. The lowest BCUT2D eigenvalue weighted by Crippen LogP contribution is -2.28. The van der Waals surface area contributed by atoms with Crippen molar-refractivity contribution in [3.63, 3.8) is 0 Å². The monoisotopic (exact) mass is 230 g/mol. The molecule has 2 aliphatic rings. The molecule has 2 unspecified atom stereocenters. The van der Waals surface area contributed by atoms with Crippen molar-refractivity contribution in [3.05, 3.63) is 0 Å². The zero-order chi connectivity index (χ0) is 8.39. The van der Waals surface area contributed by atoms with Crippen molar-refractivity contribution < 1.29 is 0 Å². The molecule has 0 amide bonds. The van der Waals surface area contributed by atoms with Gasteiger partial charge in [0.05, 0.1) is 0 Å². The van der Waals surface area contributed by atoms with Crippen molar-refractivity contribution in [1.82, 2.24) is 0 Å². The average molecular weight is 231 g/mol. The molecule has 2 aliphatic carbocycles. The molecule has 1 heteroatoms. The molecule has 12 heavy (non-hydrogen) atoms. The molecule has 0 aliphatic heterocycles. The molecular weight excluding hydrogens is 212 g/mol. The Bertz CT molecular complexity index is 140. The highest BCUT2D eigenvalue weighted by atomic mass is 79.9. The molecule has 0 bridgehead atoms. The van der Waals surface area contributed by atoms with E-state index < -0.39 is 0 Å². The summed E-state index contributed by atoms with van der Waals surface area (Å²) in [6.07, 6.45) is 11.9. The molecule has 70 valence electrons. The molecule has 0 aromatic heterocycles. The van der Waals surface area contributed by atoms with Gasteiger partial charge in [-0.3, -0.25) is 0 Å². The minimum absolute atomic E-state index is 0.852. The molecule has 0 saturated heterocycles. The molecule has 0 nitrogen and oxygen atoms in total. The van der Waals surface area contributed by atoms with E-state index >= 15 is 0 Å². The maximum atomic E-state index is 3.88. The Morgan fingerprint density at radius 1 is 0.750 bits per heavy atom. The van der Waals surface area contributed by atoms with E-state index in [2.05, 4.69) is 15.9 Å². The second-order valence-electron chi connectivity index (χ2n) is 4.51. The van der Waals surface area contributed by atoms with Crippen molar-refractivity contribution in [1.29, 1.82) is 0 Å². The minimum Gasteiger partial charge on any atom is -0.0888 e. The third-order valence-electron chi connectivity index (χ3n) is 3.74. The van der Waals surface area contributed by atoms with Crippen LogP contribution in [0.5, 0.6) is 0 Å². The first-order valence-corrected chi connectivity index (χ1v) is 6.43. The zero-order valence-corrected chi connectivity index (χ0v) is 9.35. The van der Waals surface area contributed by atoms with E-state index in [9.17, 15) is 0 Å². The fourth-order valence-corrected chi connectivity index (χ4v) is 3.71. The second kappa shape index (κ2) is 4.13. The van der Waals surface area contributed by atoms with Crippen LogP contribution in [0.2, 0.25) is 0 Å². The molecule has 2 fully saturated rings. The van der Waals surface area contributed by atoms with Crippen molar-refractivity contribution in [2.24, 2.45) is 11.8 Å². The molecule has 0 aromatic carbocycles. The first-order chi connectivity index (χ1) is 5.88. The van der Waals surface area contributed by atoms with Gasteiger partial charge in [-0.2, -0.15) is 0 Å². The minimum atomic E-state index is 0.852. The number of hydrogen-bond donors (Lipinski definition) is 0. The van der Waals surface area contributed by atoms with Crippen LogP contribution in [0.1, 0.15) is 51.4 Å². The van der Waals surface area contributed by atoms with Gasteiger partial charge in [-0.1, -0.05) is 54.5 Å². The topological polar surface area (TPSA) is 0 Å². The highest BCUT2D eigenvalue weighted by Gasteiger charge is 2.32. The summed E-state index contributed by atoms with van der Waals surface area (Å²) in [6, 6.07) is 0. The third kappa shape index (κ3) is 1.86. The van der Waals surface area contributed by atoms with Crippen LogP contribution in [-0.2, 0) is 0 Å². The van der Waals surface area contributed by atoms with Gasteiger partial charge in [-0.15, -0.1) is 0 Å². The largest absolute Gasteiger partial charge is 0.0888 e. The highest BCUT2D eigenvalue weighted by Crippen LogP contribution is 2.42. The predicted octanol–water partition coefficient (Wildman–Crippen LogP) is 4.13. The van der Waals surface area contributed by atoms with Gasteiger partial charge in [0, 0.05) is 4.83 Å². The van der Waals surface area contributed by atoms with Gasteiger partial charge < -0.3 is 0 Å². The van der Waals surface area contributed by atoms with Crippen LogP contribution in [0.3, 0.4) is 0 Å². The van der Waals surface area contributed by atoms with E-state index in [0.29, 0.717) is 0 Å². The fourth-order valence-electron chi connectivity index (χ4n) is 2.69. The summed E-state index contributed by atoms with van der Waals surface area (Å²) in [5.41, 5.74) is 0. The quantitative estimate of drug-likeness (QED) is 0.470. The maximum Gasteiger partial charge on any atom is 0.0176 e. The lowest BCUT2D eigenvalue weighted by molar-refractivity contribution is 0.194. The molecule has 2 atom stereocenters. The van der Waals surface area contributed by atoms with Crippen molar-refractivity contribution in [2.45, 2.75) is 56.2 Å². The van der Waals surface area contributed by atoms with E-state index in [1.165, 1.54) is 51.4 Å². The Morgan fingerprint density at radius 2 is 1.50 bits per heavy atom.